The number of carbonyl (C=O) groups excluding carboxylic acids is 3. The van der Waals surface area contributed by atoms with Crippen LogP contribution < -0.4 is 10.2 Å². The van der Waals surface area contributed by atoms with Gasteiger partial charge in [0, 0.05) is 18.5 Å². The summed E-state index contributed by atoms with van der Waals surface area (Å²) in [5.74, 6) is -1.29. The number of amides is 2. The minimum absolute atomic E-state index is 0.211. The van der Waals surface area contributed by atoms with Crippen LogP contribution >= 0.6 is 11.6 Å². The summed E-state index contributed by atoms with van der Waals surface area (Å²) in [5.41, 5.74) is 1.43. The van der Waals surface area contributed by atoms with E-state index in [0.29, 0.717) is 17.3 Å². The monoisotopic (exact) mass is 374 g/mol. The molecule has 0 aliphatic rings. The molecule has 0 atom stereocenters. The van der Waals surface area contributed by atoms with Crippen molar-refractivity contribution in [3.8, 4) is 0 Å². The molecular weight excluding hydrogens is 356 g/mol. The quantitative estimate of drug-likeness (QED) is 0.789. The number of nitrogens with zero attached hydrogens (tertiary/aromatic N) is 1. The van der Waals surface area contributed by atoms with E-state index in [1.165, 1.54) is 18.9 Å². The first-order chi connectivity index (χ1) is 12.4. The second-order valence-electron chi connectivity index (χ2n) is 5.52. The molecule has 0 heterocycles. The van der Waals surface area contributed by atoms with Gasteiger partial charge in [-0.2, -0.15) is 0 Å². The van der Waals surface area contributed by atoms with Crippen molar-refractivity contribution in [1.82, 2.24) is 5.32 Å². The number of para-hydroxylation sites is 1. The van der Waals surface area contributed by atoms with Gasteiger partial charge in [0.2, 0.25) is 11.8 Å². The number of esters is 1. The number of hydrogen-bond acceptors (Lipinski definition) is 4. The molecule has 7 heteroatoms. The number of hydrogen-bond donors (Lipinski definition) is 1. The van der Waals surface area contributed by atoms with Crippen LogP contribution in [0.3, 0.4) is 0 Å². The summed E-state index contributed by atoms with van der Waals surface area (Å²) in [4.78, 5) is 37.5. The maximum absolute atomic E-state index is 12.3. The van der Waals surface area contributed by atoms with E-state index in [9.17, 15) is 14.4 Å². The molecule has 0 saturated heterocycles. The van der Waals surface area contributed by atoms with Crippen molar-refractivity contribution < 1.29 is 19.1 Å². The Morgan fingerprint density at radius 1 is 1.08 bits per heavy atom. The lowest BCUT2D eigenvalue weighted by Crippen LogP contribution is -2.40. The van der Waals surface area contributed by atoms with Crippen LogP contribution in [0.15, 0.2) is 48.5 Å². The Balaban J connectivity index is 2.11. The van der Waals surface area contributed by atoms with Crippen molar-refractivity contribution >= 4 is 35.1 Å². The van der Waals surface area contributed by atoms with Gasteiger partial charge in [-0.15, -0.1) is 0 Å². The predicted molar refractivity (Wildman–Crippen MR) is 99.1 cm³/mol. The summed E-state index contributed by atoms with van der Waals surface area (Å²) in [7, 11) is 1.26. The van der Waals surface area contributed by atoms with Gasteiger partial charge in [-0.05, 0) is 29.8 Å². The van der Waals surface area contributed by atoms with Crippen molar-refractivity contribution in [1.29, 1.82) is 0 Å². The number of rotatable bonds is 6. The first-order valence-electron chi connectivity index (χ1n) is 7.89. The van der Waals surface area contributed by atoms with Gasteiger partial charge in [-0.25, -0.2) is 4.79 Å². The van der Waals surface area contributed by atoms with E-state index in [4.69, 9.17) is 16.3 Å². The number of ether oxygens (including phenoxy) is 1. The zero-order valence-electron chi connectivity index (χ0n) is 14.5. The van der Waals surface area contributed by atoms with Crippen LogP contribution in [0, 0.1) is 0 Å². The number of halogens is 1. The van der Waals surface area contributed by atoms with E-state index in [0.717, 1.165) is 5.56 Å². The third-order valence-corrected chi connectivity index (χ3v) is 3.94. The van der Waals surface area contributed by atoms with Crippen LogP contribution in [0.5, 0.6) is 0 Å². The van der Waals surface area contributed by atoms with Crippen LogP contribution in [-0.4, -0.2) is 31.4 Å². The maximum Gasteiger partial charge on any atom is 0.339 e. The van der Waals surface area contributed by atoms with Crippen molar-refractivity contribution in [3.05, 3.63) is 64.7 Å². The first kappa shape index (κ1) is 19.5. The molecule has 6 nitrogen and oxygen atoms in total. The van der Waals surface area contributed by atoms with Crippen molar-refractivity contribution in [2.24, 2.45) is 0 Å². The minimum Gasteiger partial charge on any atom is -0.465 e. The fourth-order valence-electron chi connectivity index (χ4n) is 2.36. The van der Waals surface area contributed by atoms with Gasteiger partial charge in [0.1, 0.15) is 6.54 Å². The average molecular weight is 375 g/mol. The van der Waals surface area contributed by atoms with E-state index in [2.05, 4.69) is 5.32 Å². The van der Waals surface area contributed by atoms with Crippen LogP contribution in [0.2, 0.25) is 5.02 Å². The zero-order chi connectivity index (χ0) is 19.1. The second kappa shape index (κ2) is 9.01. The number of benzene rings is 2. The van der Waals surface area contributed by atoms with Crippen LogP contribution in [0.4, 0.5) is 5.69 Å². The molecular formula is C19H19ClN2O4. The molecule has 0 unspecified atom stereocenters. The van der Waals surface area contributed by atoms with Crippen molar-refractivity contribution in [2.75, 3.05) is 18.6 Å². The largest absolute Gasteiger partial charge is 0.465 e. The summed E-state index contributed by atoms with van der Waals surface area (Å²) in [6.07, 6.45) is 0. The molecule has 2 rings (SSSR count). The molecule has 0 bridgehead atoms. The number of methoxy groups -OCH3 is 1. The molecule has 0 aliphatic heterocycles. The molecule has 1 N–H and O–H groups in total. The molecule has 0 fully saturated rings. The molecule has 0 aliphatic carbocycles. The normalized spacial score (nSPS) is 10.1. The lowest BCUT2D eigenvalue weighted by Gasteiger charge is -2.22. The Morgan fingerprint density at radius 3 is 2.35 bits per heavy atom. The molecule has 0 saturated carbocycles. The standard InChI is InChI=1S/C19H19ClN2O4/c1-13(23)22(17-6-4-3-5-16(17)19(25)26-2)12-18(24)21-11-14-7-9-15(20)10-8-14/h3-10H,11-12H2,1-2H3,(H,21,24). The van der Waals surface area contributed by atoms with Crippen LogP contribution in [0.1, 0.15) is 22.8 Å². The van der Waals surface area contributed by atoms with Gasteiger partial charge in [0.05, 0.1) is 18.4 Å². The van der Waals surface area contributed by atoms with Crippen LogP contribution in [-0.2, 0) is 20.9 Å². The Hall–Kier alpha value is -2.86. The van der Waals surface area contributed by atoms with E-state index in [1.807, 2.05) is 0 Å². The smallest absolute Gasteiger partial charge is 0.339 e. The average Bonchev–Trinajstić information content (AvgIpc) is 2.64. The molecule has 0 aromatic heterocycles. The highest BCUT2D eigenvalue weighted by Gasteiger charge is 2.21. The van der Waals surface area contributed by atoms with E-state index < -0.39 is 5.97 Å². The fraction of sp³-hybridized carbons (Fsp3) is 0.211. The molecule has 2 aromatic carbocycles. The molecule has 0 radical (unpaired) electrons. The number of carbonyl (C=O) groups is 3. The Bertz CT molecular complexity index is 805. The van der Waals surface area contributed by atoms with Crippen molar-refractivity contribution in [2.45, 2.75) is 13.5 Å². The Morgan fingerprint density at radius 2 is 1.73 bits per heavy atom. The maximum atomic E-state index is 12.3. The Labute approximate surface area is 156 Å². The predicted octanol–water partition coefficient (Wildman–Crippen LogP) is 2.80. The first-order valence-corrected chi connectivity index (χ1v) is 8.26. The van der Waals surface area contributed by atoms with Crippen LogP contribution in [0.25, 0.3) is 0 Å². The lowest BCUT2D eigenvalue weighted by molar-refractivity contribution is -0.123. The minimum atomic E-state index is -0.576. The molecule has 136 valence electrons. The summed E-state index contributed by atoms with van der Waals surface area (Å²) < 4.78 is 4.74. The lowest BCUT2D eigenvalue weighted by atomic mass is 10.1. The summed E-state index contributed by atoms with van der Waals surface area (Å²) in [6.45, 7) is 1.43. The fourth-order valence-corrected chi connectivity index (χ4v) is 2.49. The molecule has 0 spiro atoms. The van der Waals surface area contributed by atoms with Gasteiger partial charge in [-0.1, -0.05) is 35.9 Å². The van der Waals surface area contributed by atoms with Gasteiger partial charge in [0.25, 0.3) is 0 Å². The van der Waals surface area contributed by atoms with Gasteiger partial charge in [-0.3, -0.25) is 9.59 Å². The molecule has 26 heavy (non-hydrogen) atoms. The SMILES string of the molecule is COC(=O)c1ccccc1N(CC(=O)NCc1ccc(Cl)cc1)C(C)=O. The highest BCUT2D eigenvalue weighted by molar-refractivity contribution is 6.30. The van der Waals surface area contributed by atoms with Gasteiger partial charge < -0.3 is 15.0 Å². The Kier molecular flexibility index (Phi) is 6.74. The summed E-state index contributed by atoms with van der Waals surface area (Å²) in [5, 5.41) is 3.36. The topological polar surface area (TPSA) is 75.7 Å². The highest BCUT2D eigenvalue weighted by atomic mass is 35.5. The third kappa shape index (κ3) is 5.07. The summed E-state index contributed by atoms with van der Waals surface area (Å²) in [6, 6.07) is 13.6. The number of nitrogens with one attached hydrogen (secondary N) is 1. The van der Waals surface area contributed by atoms with E-state index in [-0.39, 0.29) is 23.9 Å². The molecule has 2 aromatic rings. The second-order valence-corrected chi connectivity index (χ2v) is 5.95. The highest BCUT2D eigenvalue weighted by Crippen LogP contribution is 2.21. The van der Waals surface area contributed by atoms with Crippen molar-refractivity contribution in [3.63, 3.8) is 0 Å². The van der Waals surface area contributed by atoms with E-state index >= 15 is 0 Å². The van der Waals surface area contributed by atoms with E-state index in [1.54, 1.807) is 48.5 Å². The molecule has 2 amide bonds. The summed E-state index contributed by atoms with van der Waals surface area (Å²) >= 11 is 5.83. The zero-order valence-corrected chi connectivity index (χ0v) is 15.2. The van der Waals surface area contributed by atoms with Gasteiger partial charge in [0.15, 0.2) is 0 Å². The van der Waals surface area contributed by atoms with Gasteiger partial charge >= 0.3 is 5.97 Å². The number of anilines is 1. The third-order valence-electron chi connectivity index (χ3n) is 3.68.